The minimum absolute atomic E-state index is 0.0876. The summed E-state index contributed by atoms with van der Waals surface area (Å²) >= 11 is 0. The Morgan fingerprint density at radius 2 is 0.750 bits per heavy atom. The van der Waals surface area contributed by atoms with Crippen molar-refractivity contribution in [1.29, 1.82) is 0 Å². The molecule has 0 saturated carbocycles. The largest absolute Gasteiger partial charge is 0.462 e. The number of amides is 1. The Hall–Kier alpha value is -1.14. The molecule has 1 amide bonds. The average Bonchev–Trinajstić information content (AvgIpc) is 3.19. The highest BCUT2D eigenvalue weighted by atomic mass is 16.5. The second-order valence-electron chi connectivity index (χ2n) is 17.6. The van der Waals surface area contributed by atoms with Crippen LogP contribution in [0.2, 0.25) is 0 Å². The van der Waals surface area contributed by atoms with Crippen molar-refractivity contribution in [2.75, 3.05) is 6.61 Å². The van der Waals surface area contributed by atoms with E-state index < -0.39 is 18.2 Å². The molecule has 0 radical (unpaired) electrons. The highest BCUT2D eigenvalue weighted by Crippen LogP contribution is 2.19. The van der Waals surface area contributed by atoms with E-state index in [1.807, 2.05) is 0 Å². The summed E-state index contributed by atoms with van der Waals surface area (Å²) in [6.45, 7) is 6.50. The molecule has 0 aliphatic rings. The van der Waals surface area contributed by atoms with Crippen LogP contribution in [-0.4, -0.2) is 46.9 Å². The lowest BCUT2D eigenvalue weighted by atomic mass is 10.0. The van der Waals surface area contributed by atoms with Crippen LogP contribution in [0.1, 0.15) is 284 Å². The third kappa shape index (κ3) is 39.7. The maximum absolute atomic E-state index is 13.2. The molecule has 0 rings (SSSR count). The molecule has 6 heteroatoms. The molecule has 0 bridgehead atoms. The highest BCUT2D eigenvalue weighted by molar-refractivity contribution is 5.77. The van der Waals surface area contributed by atoms with Gasteiger partial charge in [0.1, 0.15) is 6.10 Å². The van der Waals surface area contributed by atoms with Crippen LogP contribution < -0.4 is 5.32 Å². The molecule has 6 nitrogen and oxygen atoms in total. The van der Waals surface area contributed by atoms with Crippen molar-refractivity contribution in [3.8, 4) is 0 Å². The van der Waals surface area contributed by atoms with Crippen LogP contribution in [0, 0.1) is 0 Å². The second-order valence-corrected chi connectivity index (χ2v) is 17.6. The smallest absolute Gasteiger partial charge is 0.306 e. The molecule has 0 heterocycles. The van der Waals surface area contributed by atoms with E-state index in [9.17, 15) is 19.8 Å². The number of nitrogens with one attached hydrogen (secondary N) is 1. The van der Waals surface area contributed by atoms with Crippen molar-refractivity contribution < 1.29 is 24.5 Å². The van der Waals surface area contributed by atoms with Gasteiger partial charge >= 0.3 is 5.97 Å². The second kappa shape index (κ2) is 45.0. The fourth-order valence-electron chi connectivity index (χ4n) is 8.08. The molecule has 0 aliphatic heterocycles. The van der Waals surface area contributed by atoms with E-state index in [1.54, 1.807) is 0 Å². The fraction of sp³-hybridized carbons (Fsp3) is 0.960. The van der Waals surface area contributed by atoms with Crippen molar-refractivity contribution >= 4 is 11.9 Å². The third-order valence-electron chi connectivity index (χ3n) is 11.9. The Labute approximate surface area is 349 Å². The maximum atomic E-state index is 13.2. The van der Waals surface area contributed by atoms with Crippen LogP contribution in [-0.2, 0) is 14.3 Å². The predicted molar refractivity (Wildman–Crippen MR) is 241 cm³/mol. The number of rotatable bonds is 46. The van der Waals surface area contributed by atoms with Crippen molar-refractivity contribution in [1.82, 2.24) is 5.32 Å². The number of unbranched alkanes of at least 4 members (excludes halogenated alkanes) is 34. The zero-order valence-corrected chi connectivity index (χ0v) is 38.0. The third-order valence-corrected chi connectivity index (χ3v) is 11.9. The van der Waals surface area contributed by atoms with Crippen LogP contribution in [0.15, 0.2) is 0 Å². The SMILES string of the molecule is CCCCCCCCCCCCCCCCC(CC(=O)NC(CO)C(O)CCCCCCCCCCCCC)OC(=O)CCCCCCCCCCCCCC. The molecule has 0 saturated heterocycles. The van der Waals surface area contributed by atoms with E-state index in [0.29, 0.717) is 19.3 Å². The Bertz CT molecular complexity index is 806. The first-order valence-corrected chi connectivity index (χ1v) is 25.3. The molecule has 3 atom stereocenters. The van der Waals surface area contributed by atoms with Crippen molar-refractivity contribution in [3.63, 3.8) is 0 Å². The minimum Gasteiger partial charge on any atom is -0.462 e. The average molecular weight is 794 g/mol. The summed E-state index contributed by atoms with van der Waals surface area (Å²) < 4.78 is 5.93. The first kappa shape index (κ1) is 54.9. The van der Waals surface area contributed by atoms with Gasteiger partial charge in [-0.05, 0) is 25.7 Å². The summed E-state index contributed by atoms with van der Waals surface area (Å²) in [6, 6.07) is -0.691. The lowest BCUT2D eigenvalue weighted by molar-refractivity contribution is -0.151. The van der Waals surface area contributed by atoms with Gasteiger partial charge in [0.05, 0.1) is 25.2 Å². The van der Waals surface area contributed by atoms with Gasteiger partial charge in [-0.1, -0.05) is 245 Å². The Morgan fingerprint density at radius 1 is 0.446 bits per heavy atom. The first-order valence-electron chi connectivity index (χ1n) is 25.3. The van der Waals surface area contributed by atoms with Gasteiger partial charge < -0.3 is 20.3 Å². The Morgan fingerprint density at radius 3 is 1.09 bits per heavy atom. The molecule has 0 aromatic carbocycles. The minimum atomic E-state index is -0.778. The molecular weight excluding hydrogens is 695 g/mol. The molecule has 3 unspecified atom stereocenters. The van der Waals surface area contributed by atoms with Gasteiger partial charge in [-0.25, -0.2) is 0 Å². The molecule has 0 aromatic heterocycles. The summed E-state index contributed by atoms with van der Waals surface area (Å²) in [5, 5.41) is 23.7. The van der Waals surface area contributed by atoms with Crippen molar-refractivity contribution in [2.45, 2.75) is 302 Å². The summed E-state index contributed by atoms with van der Waals surface area (Å²) in [7, 11) is 0. The lowest BCUT2D eigenvalue weighted by Crippen LogP contribution is -2.46. The number of hydrogen-bond donors (Lipinski definition) is 3. The van der Waals surface area contributed by atoms with E-state index >= 15 is 0 Å². The van der Waals surface area contributed by atoms with Crippen molar-refractivity contribution in [2.24, 2.45) is 0 Å². The normalized spacial score (nSPS) is 13.2. The van der Waals surface area contributed by atoms with Crippen LogP contribution >= 0.6 is 0 Å². The number of carbonyl (C=O) groups is 2. The molecule has 56 heavy (non-hydrogen) atoms. The van der Waals surface area contributed by atoms with Crippen LogP contribution in [0.5, 0.6) is 0 Å². The standard InChI is InChI=1S/C50H99NO5/c1-4-7-10-13-16-19-22-24-25-27-29-32-35-38-41-46(56-50(55)43-40-37-34-31-28-23-20-17-14-11-8-5-2)44-49(54)51-47(45-52)48(53)42-39-36-33-30-26-21-18-15-12-9-6-3/h46-48,52-53H,4-45H2,1-3H3,(H,51,54). The zero-order chi connectivity index (χ0) is 41.0. The number of hydrogen-bond acceptors (Lipinski definition) is 5. The van der Waals surface area contributed by atoms with E-state index in [0.717, 1.165) is 44.9 Å². The quantitative estimate of drug-likeness (QED) is 0.0421. The van der Waals surface area contributed by atoms with Gasteiger partial charge in [-0.3, -0.25) is 9.59 Å². The summed E-state index contributed by atoms with van der Waals surface area (Å²) in [5.41, 5.74) is 0. The fourth-order valence-corrected chi connectivity index (χ4v) is 8.08. The summed E-state index contributed by atoms with van der Waals surface area (Å²) in [5.74, 6) is -0.453. The van der Waals surface area contributed by atoms with Crippen LogP contribution in [0.3, 0.4) is 0 Å². The maximum Gasteiger partial charge on any atom is 0.306 e. The van der Waals surface area contributed by atoms with Gasteiger partial charge in [0, 0.05) is 6.42 Å². The van der Waals surface area contributed by atoms with E-state index in [1.165, 1.54) is 193 Å². The molecule has 0 aromatic rings. The molecular formula is C50H99NO5. The van der Waals surface area contributed by atoms with Crippen molar-refractivity contribution in [3.05, 3.63) is 0 Å². The van der Waals surface area contributed by atoms with Crippen LogP contribution in [0.4, 0.5) is 0 Å². The molecule has 0 fully saturated rings. The Balaban J connectivity index is 4.53. The topological polar surface area (TPSA) is 95.9 Å². The molecule has 3 N–H and O–H groups in total. The molecule has 0 spiro atoms. The van der Waals surface area contributed by atoms with E-state index in [-0.39, 0.29) is 24.9 Å². The van der Waals surface area contributed by atoms with Gasteiger partial charge in [0.2, 0.25) is 5.91 Å². The lowest BCUT2D eigenvalue weighted by Gasteiger charge is -2.24. The predicted octanol–water partition coefficient (Wildman–Crippen LogP) is 14.8. The number of ether oxygens (including phenoxy) is 1. The number of carbonyl (C=O) groups excluding carboxylic acids is 2. The van der Waals surface area contributed by atoms with E-state index in [4.69, 9.17) is 4.74 Å². The van der Waals surface area contributed by atoms with Gasteiger partial charge in [0.25, 0.3) is 0 Å². The first-order chi connectivity index (χ1) is 27.5. The Kier molecular flexibility index (Phi) is 44.0. The molecule has 0 aliphatic carbocycles. The highest BCUT2D eigenvalue weighted by Gasteiger charge is 2.24. The molecule has 334 valence electrons. The number of aliphatic hydroxyl groups is 2. The monoisotopic (exact) mass is 794 g/mol. The summed E-state index contributed by atoms with van der Waals surface area (Å²) in [6.07, 6.45) is 47.3. The van der Waals surface area contributed by atoms with Crippen LogP contribution in [0.25, 0.3) is 0 Å². The van der Waals surface area contributed by atoms with Gasteiger partial charge in [-0.15, -0.1) is 0 Å². The van der Waals surface area contributed by atoms with E-state index in [2.05, 4.69) is 26.1 Å². The summed E-state index contributed by atoms with van der Waals surface area (Å²) in [4.78, 5) is 26.1. The number of esters is 1. The van der Waals surface area contributed by atoms with Gasteiger partial charge in [-0.2, -0.15) is 0 Å². The van der Waals surface area contributed by atoms with Gasteiger partial charge in [0.15, 0.2) is 0 Å². The number of aliphatic hydroxyl groups excluding tert-OH is 2. The zero-order valence-electron chi connectivity index (χ0n) is 38.0.